The SMILES string of the molecule is CCc1ccc(NC(=O)CN2C(=O)COc3ccc(-c4csc(-c5ccccc5Cl)n4)cc32)cc1. The normalized spacial score (nSPS) is 12.7. The molecular formula is C27H22ClN3O3S. The smallest absolute Gasteiger partial charge is 0.265 e. The van der Waals surface area contributed by atoms with Gasteiger partial charge in [0, 0.05) is 22.2 Å². The van der Waals surface area contributed by atoms with E-state index in [9.17, 15) is 9.59 Å². The minimum Gasteiger partial charge on any atom is -0.482 e. The number of fused-ring (bicyclic) bond motifs is 1. The second-order valence-corrected chi connectivity index (χ2v) is 9.33. The first-order valence-electron chi connectivity index (χ1n) is 11.2. The Labute approximate surface area is 212 Å². The number of benzene rings is 3. The second kappa shape index (κ2) is 9.90. The maximum atomic E-state index is 12.8. The number of hydrogen-bond acceptors (Lipinski definition) is 5. The predicted octanol–water partition coefficient (Wildman–Crippen LogP) is 6.06. The molecular weight excluding hydrogens is 482 g/mol. The van der Waals surface area contributed by atoms with E-state index in [-0.39, 0.29) is 25.0 Å². The van der Waals surface area contributed by atoms with E-state index >= 15 is 0 Å². The Kier molecular flexibility index (Phi) is 6.53. The van der Waals surface area contributed by atoms with Crippen LogP contribution in [-0.4, -0.2) is 29.9 Å². The van der Waals surface area contributed by atoms with E-state index in [0.29, 0.717) is 22.1 Å². The fraction of sp³-hybridized carbons (Fsp3) is 0.148. The molecule has 5 rings (SSSR count). The molecule has 0 radical (unpaired) electrons. The Morgan fingerprint density at radius 1 is 1.14 bits per heavy atom. The zero-order chi connectivity index (χ0) is 24.4. The number of rotatable bonds is 6. The quantitative estimate of drug-likeness (QED) is 0.347. The van der Waals surface area contributed by atoms with Gasteiger partial charge in [0.2, 0.25) is 5.91 Å². The largest absolute Gasteiger partial charge is 0.482 e. The summed E-state index contributed by atoms with van der Waals surface area (Å²) in [6.07, 6.45) is 0.925. The van der Waals surface area contributed by atoms with Crippen molar-refractivity contribution in [1.82, 2.24) is 4.98 Å². The van der Waals surface area contributed by atoms with Crippen LogP contribution in [0, 0.1) is 0 Å². The number of ether oxygens (including phenoxy) is 1. The van der Waals surface area contributed by atoms with E-state index < -0.39 is 0 Å². The first-order valence-corrected chi connectivity index (χ1v) is 12.4. The monoisotopic (exact) mass is 503 g/mol. The van der Waals surface area contributed by atoms with Crippen LogP contribution in [0.3, 0.4) is 0 Å². The summed E-state index contributed by atoms with van der Waals surface area (Å²) in [7, 11) is 0. The Morgan fingerprint density at radius 2 is 1.94 bits per heavy atom. The van der Waals surface area contributed by atoms with Crippen molar-refractivity contribution in [1.29, 1.82) is 0 Å². The highest BCUT2D eigenvalue weighted by Gasteiger charge is 2.28. The fourth-order valence-electron chi connectivity index (χ4n) is 3.87. The molecule has 0 fully saturated rings. The molecule has 8 heteroatoms. The second-order valence-electron chi connectivity index (χ2n) is 8.07. The number of hydrogen-bond donors (Lipinski definition) is 1. The molecule has 1 aromatic heterocycles. The third-order valence-corrected chi connectivity index (χ3v) is 6.96. The molecule has 6 nitrogen and oxygen atoms in total. The Bertz CT molecular complexity index is 1400. The molecule has 2 amide bonds. The van der Waals surface area contributed by atoms with Crippen LogP contribution in [0.5, 0.6) is 5.75 Å². The summed E-state index contributed by atoms with van der Waals surface area (Å²) in [4.78, 5) is 31.7. The van der Waals surface area contributed by atoms with Gasteiger partial charge in [0.05, 0.1) is 16.4 Å². The summed E-state index contributed by atoms with van der Waals surface area (Å²) in [6, 6.07) is 20.8. The Hall–Kier alpha value is -3.68. The van der Waals surface area contributed by atoms with E-state index in [1.165, 1.54) is 21.8 Å². The summed E-state index contributed by atoms with van der Waals surface area (Å²) in [6.45, 7) is 1.85. The predicted molar refractivity (Wildman–Crippen MR) is 140 cm³/mol. The molecule has 0 atom stereocenters. The fourth-order valence-corrected chi connectivity index (χ4v) is 5.02. The van der Waals surface area contributed by atoms with Crippen LogP contribution in [0.1, 0.15) is 12.5 Å². The highest BCUT2D eigenvalue weighted by atomic mass is 35.5. The number of aromatic nitrogens is 1. The molecule has 0 saturated carbocycles. The van der Waals surface area contributed by atoms with Gasteiger partial charge in [0.25, 0.3) is 5.91 Å². The summed E-state index contributed by atoms with van der Waals surface area (Å²) in [5, 5.41) is 6.26. The first kappa shape index (κ1) is 23.1. The maximum absolute atomic E-state index is 12.8. The van der Waals surface area contributed by atoms with Crippen molar-refractivity contribution in [2.75, 3.05) is 23.4 Å². The van der Waals surface area contributed by atoms with Gasteiger partial charge in [-0.3, -0.25) is 14.5 Å². The minimum absolute atomic E-state index is 0.113. The molecule has 0 bridgehead atoms. The maximum Gasteiger partial charge on any atom is 0.265 e. The molecule has 4 aromatic rings. The lowest BCUT2D eigenvalue weighted by Crippen LogP contribution is -2.43. The van der Waals surface area contributed by atoms with Gasteiger partial charge in [-0.15, -0.1) is 11.3 Å². The lowest BCUT2D eigenvalue weighted by Gasteiger charge is -2.29. The summed E-state index contributed by atoms with van der Waals surface area (Å²) in [5.74, 6) is -0.00770. The van der Waals surface area contributed by atoms with E-state index in [2.05, 4.69) is 12.2 Å². The number of thiazole rings is 1. The zero-order valence-electron chi connectivity index (χ0n) is 19.0. The van der Waals surface area contributed by atoms with E-state index in [1.54, 1.807) is 6.07 Å². The van der Waals surface area contributed by atoms with Gasteiger partial charge in [-0.2, -0.15) is 0 Å². The van der Waals surface area contributed by atoms with Crippen LogP contribution in [0.15, 0.2) is 72.1 Å². The van der Waals surface area contributed by atoms with Gasteiger partial charge in [0.1, 0.15) is 17.3 Å². The summed E-state index contributed by atoms with van der Waals surface area (Å²) < 4.78 is 5.61. The molecule has 35 heavy (non-hydrogen) atoms. The zero-order valence-corrected chi connectivity index (χ0v) is 20.5. The Balaban J connectivity index is 1.39. The molecule has 3 aromatic carbocycles. The van der Waals surface area contributed by atoms with Gasteiger partial charge in [-0.25, -0.2) is 4.98 Å². The van der Waals surface area contributed by atoms with Crippen molar-refractivity contribution in [3.05, 3.63) is 82.7 Å². The van der Waals surface area contributed by atoms with Gasteiger partial charge in [-0.1, -0.05) is 48.9 Å². The van der Waals surface area contributed by atoms with Crippen molar-refractivity contribution in [3.8, 4) is 27.6 Å². The molecule has 1 aliphatic rings. The van der Waals surface area contributed by atoms with Crippen molar-refractivity contribution >= 4 is 46.1 Å². The van der Waals surface area contributed by atoms with Gasteiger partial charge in [-0.05, 0) is 48.4 Å². The van der Waals surface area contributed by atoms with Crippen molar-refractivity contribution in [2.45, 2.75) is 13.3 Å². The number of halogens is 1. The number of anilines is 2. The lowest BCUT2D eigenvalue weighted by atomic mass is 10.1. The molecule has 0 unspecified atom stereocenters. The van der Waals surface area contributed by atoms with Crippen molar-refractivity contribution in [2.24, 2.45) is 0 Å². The van der Waals surface area contributed by atoms with Crippen LogP contribution in [0.4, 0.5) is 11.4 Å². The molecule has 1 N–H and O–H groups in total. The third kappa shape index (κ3) is 4.92. The van der Waals surface area contributed by atoms with Crippen LogP contribution in [0.25, 0.3) is 21.8 Å². The highest BCUT2D eigenvalue weighted by molar-refractivity contribution is 7.13. The average molecular weight is 504 g/mol. The third-order valence-electron chi connectivity index (χ3n) is 5.75. The Morgan fingerprint density at radius 3 is 2.71 bits per heavy atom. The van der Waals surface area contributed by atoms with E-state index in [1.807, 2.05) is 66.0 Å². The molecule has 0 aliphatic carbocycles. The number of nitrogens with zero attached hydrogens (tertiary/aromatic N) is 2. The van der Waals surface area contributed by atoms with Crippen LogP contribution in [0.2, 0.25) is 5.02 Å². The standard InChI is InChI=1S/C27H22ClN3O3S/c1-2-17-7-10-19(11-8-17)29-25(32)14-31-23-13-18(9-12-24(23)34-15-26(31)33)22-16-35-27(30-22)20-5-3-4-6-21(20)28/h3-13,16H,2,14-15H2,1H3,(H,29,32). The molecule has 1 aliphatic heterocycles. The number of nitrogens with one attached hydrogen (secondary N) is 1. The van der Waals surface area contributed by atoms with Gasteiger partial charge < -0.3 is 10.1 Å². The molecule has 176 valence electrons. The number of carbonyl (C=O) groups excluding carboxylic acids is 2. The molecule has 0 spiro atoms. The van der Waals surface area contributed by atoms with Crippen LogP contribution < -0.4 is 15.0 Å². The van der Waals surface area contributed by atoms with E-state index in [4.69, 9.17) is 21.3 Å². The van der Waals surface area contributed by atoms with Crippen LogP contribution in [-0.2, 0) is 16.0 Å². The van der Waals surface area contributed by atoms with Gasteiger partial charge in [0.15, 0.2) is 6.61 Å². The first-order chi connectivity index (χ1) is 17.0. The van der Waals surface area contributed by atoms with Crippen molar-refractivity contribution < 1.29 is 14.3 Å². The average Bonchev–Trinajstić information content (AvgIpc) is 3.36. The van der Waals surface area contributed by atoms with Gasteiger partial charge >= 0.3 is 0 Å². The topological polar surface area (TPSA) is 71.5 Å². The lowest BCUT2D eigenvalue weighted by molar-refractivity contribution is -0.123. The number of aryl methyl sites for hydroxylation is 1. The molecule has 0 saturated heterocycles. The highest BCUT2D eigenvalue weighted by Crippen LogP contribution is 2.38. The molecule has 2 heterocycles. The number of amides is 2. The van der Waals surface area contributed by atoms with Crippen LogP contribution >= 0.6 is 22.9 Å². The van der Waals surface area contributed by atoms with Crippen molar-refractivity contribution in [3.63, 3.8) is 0 Å². The number of carbonyl (C=O) groups is 2. The van der Waals surface area contributed by atoms with E-state index in [0.717, 1.165) is 28.2 Å². The summed E-state index contributed by atoms with van der Waals surface area (Å²) in [5.41, 5.74) is 4.86. The minimum atomic E-state index is -0.282. The summed E-state index contributed by atoms with van der Waals surface area (Å²) >= 11 is 7.83.